The van der Waals surface area contributed by atoms with Crippen molar-refractivity contribution in [1.82, 2.24) is 5.32 Å². The molecule has 1 aromatic carbocycles. The van der Waals surface area contributed by atoms with Gasteiger partial charge in [-0.25, -0.2) is 4.79 Å². The van der Waals surface area contributed by atoms with Gasteiger partial charge in [0, 0.05) is 6.42 Å². The Balaban J connectivity index is 2.12. The summed E-state index contributed by atoms with van der Waals surface area (Å²) in [4.78, 5) is 23.5. The minimum absolute atomic E-state index is 0.311. The number of carboxylic acid groups (broad SMARTS) is 1. The van der Waals surface area contributed by atoms with Crippen molar-refractivity contribution in [2.45, 2.75) is 52.2 Å². The van der Waals surface area contributed by atoms with Crippen molar-refractivity contribution in [3.63, 3.8) is 0 Å². The van der Waals surface area contributed by atoms with Crippen LogP contribution in [-0.2, 0) is 16.0 Å². The molecule has 1 aliphatic rings. The van der Waals surface area contributed by atoms with Crippen molar-refractivity contribution < 1.29 is 19.4 Å². The van der Waals surface area contributed by atoms with Crippen LogP contribution in [0.2, 0.25) is 0 Å². The van der Waals surface area contributed by atoms with Gasteiger partial charge in [-0.05, 0) is 49.9 Å². The van der Waals surface area contributed by atoms with Gasteiger partial charge in [-0.3, -0.25) is 4.79 Å². The largest absolute Gasteiger partial charge is 0.480 e. The average molecular weight is 291 g/mol. The fourth-order valence-electron chi connectivity index (χ4n) is 2.31. The van der Waals surface area contributed by atoms with Crippen molar-refractivity contribution in [3.05, 3.63) is 28.8 Å². The lowest BCUT2D eigenvalue weighted by Crippen LogP contribution is -2.55. The molecule has 0 aromatic heterocycles. The summed E-state index contributed by atoms with van der Waals surface area (Å²) in [5.41, 5.74) is 1.99. The van der Waals surface area contributed by atoms with E-state index in [1.807, 2.05) is 26.0 Å². The summed E-state index contributed by atoms with van der Waals surface area (Å²) < 4.78 is 5.67. The maximum absolute atomic E-state index is 12.3. The number of benzene rings is 1. The van der Waals surface area contributed by atoms with Gasteiger partial charge in [0.15, 0.2) is 6.10 Å². The molecule has 114 valence electrons. The van der Waals surface area contributed by atoms with Crippen LogP contribution in [0.25, 0.3) is 0 Å². The van der Waals surface area contributed by atoms with Crippen LogP contribution in [0.5, 0.6) is 5.75 Å². The zero-order valence-electron chi connectivity index (χ0n) is 12.8. The molecule has 1 amide bonds. The molecule has 0 saturated carbocycles. The Morgan fingerprint density at radius 1 is 1.38 bits per heavy atom. The topological polar surface area (TPSA) is 75.6 Å². The second-order valence-electron chi connectivity index (χ2n) is 5.83. The van der Waals surface area contributed by atoms with Gasteiger partial charge < -0.3 is 15.2 Å². The molecular weight excluding hydrogens is 270 g/mol. The number of hydrogen-bond donors (Lipinski definition) is 2. The highest BCUT2D eigenvalue weighted by atomic mass is 16.5. The van der Waals surface area contributed by atoms with E-state index in [4.69, 9.17) is 4.74 Å². The van der Waals surface area contributed by atoms with E-state index in [2.05, 4.69) is 5.32 Å². The maximum atomic E-state index is 12.3. The molecule has 5 heteroatoms. The van der Waals surface area contributed by atoms with Gasteiger partial charge in [-0.1, -0.05) is 13.0 Å². The zero-order valence-corrected chi connectivity index (χ0v) is 12.8. The van der Waals surface area contributed by atoms with E-state index in [-0.39, 0.29) is 5.91 Å². The second kappa shape index (κ2) is 5.39. The molecule has 1 heterocycles. The van der Waals surface area contributed by atoms with Crippen molar-refractivity contribution >= 4 is 11.9 Å². The summed E-state index contributed by atoms with van der Waals surface area (Å²) in [5.74, 6) is -0.708. The van der Waals surface area contributed by atoms with E-state index in [1.54, 1.807) is 6.92 Å². The molecule has 0 aliphatic carbocycles. The lowest BCUT2D eigenvalue weighted by atomic mass is 9.98. The van der Waals surface area contributed by atoms with Crippen LogP contribution in [0.15, 0.2) is 12.1 Å². The third-order valence-electron chi connectivity index (χ3n) is 4.22. The minimum Gasteiger partial charge on any atom is -0.480 e. The number of carbonyl (C=O) groups is 2. The molecule has 0 saturated heterocycles. The normalized spacial score (nSPS) is 19.3. The first-order valence-electron chi connectivity index (χ1n) is 7.09. The van der Waals surface area contributed by atoms with Gasteiger partial charge in [0.05, 0.1) is 0 Å². The van der Waals surface area contributed by atoms with Crippen LogP contribution in [0.1, 0.15) is 37.0 Å². The summed E-state index contributed by atoms with van der Waals surface area (Å²) >= 11 is 0. The number of rotatable bonds is 4. The van der Waals surface area contributed by atoms with E-state index in [0.29, 0.717) is 18.6 Å². The highest BCUT2D eigenvalue weighted by Gasteiger charge is 2.37. The van der Waals surface area contributed by atoms with E-state index in [1.165, 1.54) is 6.92 Å². The molecule has 0 fully saturated rings. The average Bonchev–Trinajstić information content (AvgIpc) is 2.81. The SMILES string of the molecule is CCC(C)(NC(=O)C1Cc2cc(C)c(C)cc2O1)C(=O)O. The molecule has 2 rings (SSSR count). The van der Waals surface area contributed by atoms with Crippen LogP contribution < -0.4 is 10.1 Å². The Kier molecular flexibility index (Phi) is 3.94. The smallest absolute Gasteiger partial charge is 0.329 e. The highest BCUT2D eigenvalue weighted by Crippen LogP contribution is 2.31. The highest BCUT2D eigenvalue weighted by molar-refractivity contribution is 5.89. The Morgan fingerprint density at radius 2 is 2.00 bits per heavy atom. The first kappa shape index (κ1) is 15.4. The number of hydrogen-bond acceptors (Lipinski definition) is 3. The standard InChI is InChI=1S/C16H21NO4/c1-5-16(4,15(19)20)17-14(18)13-8-11-6-9(2)10(3)7-12(11)21-13/h6-7,13H,5,8H2,1-4H3,(H,17,18)(H,19,20). The lowest BCUT2D eigenvalue weighted by Gasteiger charge is -2.26. The molecule has 2 atom stereocenters. The summed E-state index contributed by atoms with van der Waals surface area (Å²) in [5, 5.41) is 11.8. The molecule has 1 aliphatic heterocycles. The fourth-order valence-corrected chi connectivity index (χ4v) is 2.31. The number of fused-ring (bicyclic) bond motifs is 1. The summed E-state index contributed by atoms with van der Waals surface area (Å²) in [6, 6.07) is 3.95. The summed E-state index contributed by atoms with van der Waals surface area (Å²) in [7, 11) is 0. The first-order valence-corrected chi connectivity index (χ1v) is 7.09. The number of nitrogens with one attached hydrogen (secondary N) is 1. The van der Waals surface area contributed by atoms with Gasteiger partial charge >= 0.3 is 5.97 Å². The van der Waals surface area contributed by atoms with Crippen LogP contribution in [0.4, 0.5) is 0 Å². The van der Waals surface area contributed by atoms with E-state index in [9.17, 15) is 14.7 Å². The molecule has 0 spiro atoms. The van der Waals surface area contributed by atoms with Crippen molar-refractivity contribution in [2.75, 3.05) is 0 Å². The van der Waals surface area contributed by atoms with Gasteiger partial charge in [0.25, 0.3) is 5.91 Å². The van der Waals surface area contributed by atoms with E-state index < -0.39 is 17.6 Å². The molecular formula is C16H21NO4. The van der Waals surface area contributed by atoms with Crippen LogP contribution >= 0.6 is 0 Å². The number of aryl methyl sites for hydroxylation is 2. The van der Waals surface area contributed by atoms with Crippen molar-refractivity contribution in [2.24, 2.45) is 0 Å². The van der Waals surface area contributed by atoms with Crippen LogP contribution in [-0.4, -0.2) is 28.6 Å². The van der Waals surface area contributed by atoms with Gasteiger partial charge in [-0.2, -0.15) is 0 Å². The van der Waals surface area contributed by atoms with Crippen LogP contribution in [0, 0.1) is 13.8 Å². The monoisotopic (exact) mass is 291 g/mol. The minimum atomic E-state index is -1.26. The molecule has 2 N–H and O–H groups in total. The predicted octanol–water partition coefficient (Wildman–Crippen LogP) is 1.98. The maximum Gasteiger partial charge on any atom is 0.329 e. The van der Waals surface area contributed by atoms with E-state index >= 15 is 0 Å². The third-order valence-corrected chi connectivity index (χ3v) is 4.22. The number of ether oxygens (including phenoxy) is 1. The van der Waals surface area contributed by atoms with Gasteiger partial charge in [0.2, 0.25) is 0 Å². The number of amides is 1. The molecule has 0 radical (unpaired) electrons. The molecule has 5 nitrogen and oxygen atoms in total. The summed E-state index contributed by atoms with van der Waals surface area (Å²) in [6.45, 7) is 7.24. The number of carboxylic acids is 1. The van der Waals surface area contributed by atoms with E-state index in [0.717, 1.165) is 16.7 Å². The Bertz CT molecular complexity index is 565. The zero-order chi connectivity index (χ0) is 15.8. The predicted molar refractivity (Wildman–Crippen MR) is 78.5 cm³/mol. The third kappa shape index (κ3) is 2.86. The Labute approximate surface area is 124 Å². The number of aliphatic carboxylic acids is 1. The fraction of sp³-hybridized carbons (Fsp3) is 0.500. The Morgan fingerprint density at radius 3 is 2.57 bits per heavy atom. The first-order chi connectivity index (χ1) is 9.76. The Hall–Kier alpha value is -2.04. The molecule has 21 heavy (non-hydrogen) atoms. The second-order valence-corrected chi connectivity index (χ2v) is 5.83. The van der Waals surface area contributed by atoms with Crippen molar-refractivity contribution in [1.29, 1.82) is 0 Å². The van der Waals surface area contributed by atoms with Gasteiger partial charge in [0.1, 0.15) is 11.3 Å². The van der Waals surface area contributed by atoms with Gasteiger partial charge in [-0.15, -0.1) is 0 Å². The lowest BCUT2D eigenvalue weighted by molar-refractivity contribution is -0.148. The summed E-state index contributed by atoms with van der Waals surface area (Å²) in [6.07, 6.45) is 0.125. The number of carbonyl (C=O) groups excluding carboxylic acids is 1. The molecule has 1 aromatic rings. The quantitative estimate of drug-likeness (QED) is 0.889. The van der Waals surface area contributed by atoms with Crippen LogP contribution in [0.3, 0.4) is 0 Å². The molecule has 2 unspecified atom stereocenters. The van der Waals surface area contributed by atoms with Crippen molar-refractivity contribution in [3.8, 4) is 5.75 Å². The molecule has 0 bridgehead atoms.